The summed E-state index contributed by atoms with van der Waals surface area (Å²) in [6.45, 7) is 2.01. The Morgan fingerprint density at radius 3 is 2.80 bits per heavy atom. The molecular weight excluding hydrogens is 190 g/mol. The van der Waals surface area contributed by atoms with Gasteiger partial charge in [0, 0.05) is 26.7 Å². The molecule has 84 valence electrons. The van der Waals surface area contributed by atoms with Gasteiger partial charge in [0.15, 0.2) is 0 Å². The Balaban J connectivity index is 2.52. The summed E-state index contributed by atoms with van der Waals surface area (Å²) in [5, 5.41) is 6.12. The van der Waals surface area contributed by atoms with Gasteiger partial charge in [0.1, 0.15) is 18.0 Å². The number of nitrogens with zero attached hydrogens (tertiary/aromatic N) is 3. The van der Waals surface area contributed by atoms with Crippen LogP contribution in [-0.2, 0) is 0 Å². The van der Waals surface area contributed by atoms with Crippen LogP contribution in [0.1, 0.15) is 6.42 Å². The maximum absolute atomic E-state index is 4.22. The van der Waals surface area contributed by atoms with Crippen molar-refractivity contribution in [1.82, 2.24) is 15.3 Å². The van der Waals surface area contributed by atoms with Crippen molar-refractivity contribution in [1.29, 1.82) is 0 Å². The second-order valence-corrected chi connectivity index (χ2v) is 3.39. The molecule has 0 spiro atoms. The average molecular weight is 209 g/mol. The van der Waals surface area contributed by atoms with E-state index in [0.29, 0.717) is 0 Å². The first-order valence-corrected chi connectivity index (χ1v) is 5.13. The molecule has 0 aliphatic rings. The smallest absolute Gasteiger partial charge is 0.133 e. The Morgan fingerprint density at radius 2 is 2.13 bits per heavy atom. The zero-order chi connectivity index (χ0) is 11.1. The first kappa shape index (κ1) is 11.7. The largest absolute Gasteiger partial charge is 0.373 e. The zero-order valence-corrected chi connectivity index (χ0v) is 9.62. The Kier molecular flexibility index (Phi) is 4.83. The van der Waals surface area contributed by atoms with Crippen molar-refractivity contribution in [3.8, 4) is 0 Å². The molecule has 0 saturated carbocycles. The van der Waals surface area contributed by atoms with Crippen molar-refractivity contribution < 1.29 is 0 Å². The molecule has 0 aliphatic heterocycles. The zero-order valence-electron chi connectivity index (χ0n) is 9.62. The summed E-state index contributed by atoms with van der Waals surface area (Å²) in [6.07, 6.45) is 2.68. The molecule has 0 bridgehead atoms. The topological polar surface area (TPSA) is 53.1 Å². The third-order valence-corrected chi connectivity index (χ3v) is 2.22. The van der Waals surface area contributed by atoms with Gasteiger partial charge in [0.25, 0.3) is 0 Å². The number of hydrogen-bond donors (Lipinski definition) is 2. The molecule has 2 N–H and O–H groups in total. The minimum atomic E-state index is 0.848. The summed E-state index contributed by atoms with van der Waals surface area (Å²) in [5.41, 5.74) is 0. The van der Waals surface area contributed by atoms with E-state index in [9.17, 15) is 0 Å². The highest BCUT2D eigenvalue weighted by Gasteiger charge is 2.02. The van der Waals surface area contributed by atoms with Crippen molar-refractivity contribution in [2.24, 2.45) is 0 Å². The van der Waals surface area contributed by atoms with Gasteiger partial charge in [0.05, 0.1) is 0 Å². The fourth-order valence-electron chi connectivity index (χ4n) is 1.30. The maximum Gasteiger partial charge on any atom is 0.133 e. The highest BCUT2D eigenvalue weighted by atomic mass is 15.2. The van der Waals surface area contributed by atoms with Crippen LogP contribution in [0.15, 0.2) is 12.4 Å². The average Bonchev–Trinajstić information content (AvgIpc) is 2.29. The van der Waals surface area contributed by atoms with Crippen molar-refractivity contribution >= 4 is 11.6 Å². The molecule has 1 rings (SSSR count). The predicted octanol–water partition coefficient (Wildman–Crippen LogP) is 0.564. The SMILES string of the molecule is CNCCCN(C)c1cc(NC)ncn1. The van der Waals surface area contributed by atoms with Crippen LogP contribution < -0.4 is 15.5 Å². The van der Waals surface area contributed by atoms with Gasteiger partial charge in [-0.05, 0) is 20.0 Å². The molecular formula is C10H19N5. The van der Waals surface area contributed by atoms with Crippen LogP contribution in [0.5, 0.6) is 0 Å². The summed E-state index contributed by atoms with van der Waals surface area (Å²) in [7, 11) is 5.86. The lowest BCUT2D eigenvalue weighted by Gasteiger charge is -2.18. The minimum Gasteiger partial charge on any atom is -0.373 e. The summed E-state index contributed by atoms with van der Waals surface area (Å²) in [6, 6.07) is 1.94. The van der Waals surface area contributed by atoms with Crippen LogP contribution in [0.3, 0.4) is 0 Å². The molecule has 0 saturated heterocycles. The lowest BCUT2D eigenvalue weighted by molar-refractivity contribution is 0.709. The Hall–Kier alpha value is -1.36. The van der Waals surface area contributed by atoms with Crippen molar-refractivity contribution in [3.05, 3.63) is 12.4 Å². The fourth-order valence-corrected chi connectivity index (χ4v) is 1.30. The van der Waals surface area contributed by atoms with Gasteiger partial charge in [-0.25, -0.2) is 9.97 Å². The molecule has 0 radical (unpaired) electrons. The molecule has 1 aromatic heterocycles. The van der Waals surface area contributed by atoms with E-state index in [1.807, 2.05) is 27.2 Å². The van der Waals surface area contributed by atoms with Gasteiger partial charge in [-0.2, -0.15) is 0 Å². The summed E-state index contributed by atoms with van der Waals surface area (Å²) >= 11 is 0. The van der Waals surface area contributed by atoms with E-state index < -0.39 is 0 Å². The standard InChI is InChI=1S/C10H19N5/c1-11-5-4-6-15(3)10-7-9(12-2)13-8-14-10/h7-8,11H,4-6H2,1-3H3,(H,12,13,14). The number of rotatable bonds is 6. The van der Waals surface area contributed by atoms with E-state index in [2.05, 4.69) is 25.5 Å². The van der Waals surface area contributed by atoms with Crippen molar-refractivity contribution in [2.75, 3.05) is 44.4 Å². The molecule has 0 unspecified atom stereocenters. The molecule has 15 heavy (non-hydrogen) atoms. The van der Waals surface area contributed by atoms with Gasteiger partial charge >= 0.3 is 0 Å². The van der Waals surface area contributed by atoms with E-state index in [1.165, 1.54) is 0 Å². The second kappa shape index (κ2) is 6.19. The van der Waals surface area contributed by atoms with Crippen LogP contribution in [0.2, 0.25) is 0 Å². The number of nitrogens with one attached hydrogen (secondary N) is 2. The van der Waals surface area contributed by atoms with Crippen LogP contribution in [0.4, 0.5) is 11.6 Å². The summed E-state index contributed by atoms with van der Waals surface area (Å²) in [4.78, 5) is 10.4. The van der Waals surface area contributed by atoms with Crippen LogP contribution in [0, 0.1) is 0 Å². The van der Waals surface area contributed by atoms with Gasteiger partial charge < -0.3 is 15.5 Å². The minimum absolute atomic E-state index is 0.848. The Bertz CT molecular complexity index is 289. The van der Waals surface area contributed by atoms with Crippen molar-refractivity contribution in [3.63, 3.8) is 0 Å². The van der Waals surface area contributed by atoms with Crippen LogP contribution in [0.25, 0.3) is 0 Å². The lowest BCUT2D eigenvalue weighted by atomic mass is 10.4. The van der Waals surface area contributed by atoms with Crippen molar-refractivity contribution in [2.45, 2.75) is 6.42 Å². The molecule has 0 aliphatic carbocycles. The highest BCUT2D eigenvalue weighted by molar-refractivity contribution is 5.47. The van der Waals surface area contributed by atoms with Gasteiger partial charge in [-0.3, -0.25) is 0 Å². The Labute approximate surface area is 90.9 Å². The summed E-state index contributed by atoms with van der Waals surface area (Å²) < 4.78 is 0. The first-order valence-electron chi connectivity index (χ1n) is 5.13. The van der Waals surface area contributed by atoms with Crippen LogP contribution in [-0.4, -0.2) is 44.2 Å². The first-order chi connectivity index (χ1) is 7.27. The molecule has 0 aromatic carbocycles. The third-order valence-electron chi connectivity index (χ3n) is 2.22. The maximum atomic E-state index is 4.22. The third kappa shape index (κ3) is 3.71. The second-order valence-electron chi connectivity index (χ2n) is 3.39. The predicted molar refractivity (Wildman–Crippen MR) is 63.4 cm³/mol. The molecule has 0 amide bonds. The number of aromatic nitrogens is 2. The molecule has 5 heteroatoms. The molecule has 0 fully saturated rings. The van der Waals surface area contributed by atoms with E-state index >= 15 is 0 Å². The van der Waals surface area contributed by atoms with E-state index in [4.69, 9.17) is 0 Å². The quantitative estimate of drug-likeness (QED) is 0.671. The van der Waals surface area contributed by atoms with E-state index in [1.54, 1.807) is 6.33 Å². The van der Waals surface area contributed by atoms with Gasteiger partial charge in [0.2, 0.25) is 0 Å². The normalized spacial score (nSPS) is 10.1. The summed E-state index contributed by atoms with van der Waals surface area (Å²) in [5.74, 6) is 1.80. The lowest BCUT2D eigenvalue weighted by Crippen LogP contribution is -2.23. The monoisotopic (exact) mass is 209 g/mol. The Morgan fingerprint density at radius 1 is 1.33 bits per heavy atom. The molecule has 1 heterocycles. The highest BCUT2D eigenvalue weighted by Crippen LogP contribution is 2.11. The van der Waals surface area contributed by atoms with Gasteiger partial charge in [-0.1, -0.05) is 0 Å². The molecule has 5 nitrogen and oxygen atoms in total. The van der Waals surface area contributed by atoms with E-state index in [0.717, 1.165) is 31.1 Å². The van der Waals surface area contributed by atoms with E-state index in [-0.39, 0.29) is 0 Å². The molecule has 0 atom stereocenters. The van der Waals surface area contributed by atoms with Crippen LogP contribution >= 0.6 is 0 Å². The molecule has 1 aromatic rings. The number of hydrogen-bond acceptors (Lipinski definition) is 5. The number of anilines is 2. The van der Waals surface area contributed by atoms with Gasteiger partial charge in [-0.15, -0.1) is 0 Å². The fraction of sp³-hybridized carbons (Fsp3) is 0.600.